The van der Waals surface area contributed by atoms with Gasteiger partial charge in [-0.25, -0.2) is 0 Å². The zero-order valence-electron chi connectivity index (χ0n) is 10.8. The van der Waals surface area contributed by atoms with Crippen molar-refractivity contribution in [3.63, 3.8) is 0 Å². The number of fused-ring (bicyclic) bond motifs is 1. The number of nitrogens with one attached hydrogen (secondary N) is 2. The monoisotopic (exact) mass is 274 g/mol. The predicted octanol–water partition coefficient (Wildman–Crippen LogP) is -0.375. The number of nitrogens with two attached hydrogens (primary N) is 1. The van der Waals surface area contributed by atoms with Gasteiger partial charge in [-0.05, 0) is 18.1 Å². The Kier molecular flexibility index (Phi) is 4.49. The van der Waals surface area contributed by atoms with Crippen LogP contribution in [-0.4, -0.2) is 41.0 Å². The molecule has 0 spiro atoms. The van der Waals surface area contributed by atoms with E-state index in [1.165, 1.54) is 6.29 Å². The number of aromatic nitrogens is 1. The van der Waals surface area contributed by atoms with Crippen LogP contribution in [0.1, 0.15) is 5.56 Å². The van der Waals surface area contributed by atoms with Crippen LogP contribution in [0.25, 0.3) is 10.9 Å². The molecule has 20 heavy (non-hydrogen) atoms. The van der Waals surface area contributed by atoms with Crippen molar-refractivity contribution in [3.05, 3.63) is 36.0 Å². The first-order valence-electron chi connectivity index (χ1n) is 6.25. The number of hydrogen-bond acceptors (Lipinski definition) is 4. The summed E-state index contributed by atoms with van der Waals surface area (Å²) >= 11 is 0. The Labute approximate surface area is 116 Å². The van der Waals surface area contributed by atoms with Crippen LogP contribution in [0.2, 0.25) is 0 Å². The third-order valence-corrected chi connectivity index (χ3v) is 3.09. The van der Waals surface area contributed by atoms with E-state index in [-0.39, 0.29) is 0 Å². The second-order valence-electron chi connectivity index (χ2n) is 4.53. The second kappa shape index (κ2) is 6.31. The van der Waals surface area contributed by atoms with Crippen LogP contribution in [0.4, 0.5) is 0 Å². The largest absolute Gasteiger partial charge is 0.394 e. The van der Waals surface area contributed by atoms with Gasteiger partial charge in [0.25, 0.3) is 0 Å². The molecule has 0 aliphatic heterocycles. The Morgan fingerprint density at radius 3 is 2.90 bits per heavy atom. The first-order chi connectivity index (χ1) is 9.65. The molecule has 1 radical (unpaired) electrons. The van der Waals surface area contributed by atoms with Crippen molar-refractivity contribution in [2.45, 2.75) is 18.5 Å². The number of benzene rings is 1. The van der Waals surface area contributed by atoms with Gasteiger partial charge in [0.05, 0.1) is 12.6 Å². The average molecular weight is 274 g/mol. The van der Waals surface area contributed by atoms with Gasteiger partial charge in [0.1, 0.15) is 6.04 Å². The topological polar surface area (TPSA) is 108 Å². The van der Waals surface area contributed by atoms with E-state index in [1.54, 1.807) is 0 Å². The van der Waals surface area contributed by atoms with Crippen molar-refractivity contribution in [2.75, 3.05) is 6.61 Å². The van der Waals surface area contributed by atoms with Gasteiger partial charge >= 0.3 is 0 Å². The van der Waals surface area contributed by atoms with Crippen LogP contribution in [0.5, 0.6) is 0 Å². The number of aliphatic hydroxyl groups is 1. The molecule has 5 N–H and O–H groups in total. The average Bonchev–Trinajstić information content (AvgIpc) is 2.87. The van der Waals surface area contributed by atoms with Gasteiger partial charge in [0.15, 0.2) is 0 Å². The minimum Gasteiger partial charge on any atom is -0.394 e. The molecule has 0 unspecified atom stereocenters. The summed E-state index contributed by atoms with van der Waals surface area (Å²) in [4.78, 5) is 25.3. The highest BCUT2D eigenvalue weighted by Gasteiger charge is 2.19. The van der Waals surface area contributed by atoms with Gasteiger partial charge in [-0.3, -0.25) is 9.59 Å². The highest BCUT2D eigenvalue weighted by molar-refractivity contribution is 5.87. The normalized spacial score (nSPS) is 13.9. The molecule has 6 heteroatoms. The highest BCUT2D eigenvalue weighted by atomic mass is 16.3. The van der Waals surface area contributed by atoms with Crippen molar-refractivity contribution >= 4 is 23.1 Å². The Hall–Kier alpha value is -2.18. The van der Waals surface area contributed by atoms with Crippen LogP contribution in [0.3, 0.4) is 0 Å². The number of hydrogen-bond donors (Lipinski definition) is 4. The number of H-pyrrole nitrogens is 1. The summed E-state index contributed by atoms with van der Waals surface area (Å²) in [7, 11) is 0. The molecular formula is C14H16N3O3. The first-order valence-corrected chi connectivity index (χ1v) is 6.25. The van der Waals surface area contributed by atoms with Crippen molar-refractivity contribution in [2.24, 2.45) is 5.73 Å². The number of carbonyl (C=O) groups is 1. The molecule has 1 aromatic heterocycles. The van der Waals surface area contributed by atoms with E-state index in [2.05, 4.69) is 10.3 Å². The van der Waals surface area contributed by atoms with E-state index in [0.29, 0.717) is 6.42 Å². The molecule has 0 saturated heterocycles. The molecule has 1 amide bonds. The van der Waals surface area contributed by atoms with Crippen LogP contribution < -0.4 is 11.1 Å². The first kappa shape index (κ1) is 14.2. The number of carbonyl (C=O) groups excluding carboxylic acids is 2. The molecule has 6 nitrogen and oxygen atoms in total. The maximum Gasteiger partial charge on any atom is 0.237 e. The van der Waals surface area contributed by atoms with E-state index >= 15 is 0 Å². The fourth-order valence-electron chi connectivity index (χ4n) is 2.02. The third kappa shape index (κ3) is 3.04. The van der Waals surface area contributed by atoms with Crippen LogP contribution in [0, 0.1) is 0 Å². The fourth-order valence-corrected chi connectivity index (χ4v) is 2.02. The van der Waals surface area contributed by atoms with Gasteiger partial charge in [-0.15, -0.1) is 0 Å². The Morgan fingerprint density at radius 2 is 2.20 bits per heavy atom. The predicted molar refractivity (Wildman–Crippen MR) is 74.7 cm³/mol. The molecule has 0 fully saturated rings. The van der Waals surface area contributed by atoms with E-state index in [1.807, 2.05) is 30.5 Å². The molecule has 2 atom stereocenters. The molecule has 0 saturated carbocycles. The standard InChI is InChI=1S/C14H16N3O3/c15-12(14(20)17-10(7-18)8-19)5-9-6-16-13-4-2-1-3-11(9)13/h1-4,6,10,12,16,18H,5,7,15H2,(H,17,20)/t10-,12-/m0/s1. The third-order valence-electron chi connectivity index (χ3n) is 3.09. The van der Waals surface area contributed by atoms with E-state index in [4.69, 9.17) is 10.8 Å². The Bertz CT molecular complexity index is 608. The summed E-state index contributed by atoms with van der Waals surface area (Å²) in [5.41, 5.74) is 7.73. The molecule has 105 valence electrons. The molecule has 1 heterocycles. The fraction of sp³-hybridized carbons (Fsp3) is 0.286. The van der Waals surface area contributed by atoms with Crippen molar-refractivity contribution in [3.8, 4) is 0 Å². The SMILES string of the molecule is N[C@@H](Cc1c[nH]c2ccccc12)C(=O)N[C@H]([C]=O)CO. The van der Waals surface area contributed by atoms with Gasteiger partial charge in [-0.1, -0.05) is 18.2 Å². The maximum absolute atomic E-state index is 11.8. The summed E-state index contributed by atoms with van der Waals surface area (Å²) in [6.07, 6.45) is 3.69. The quantitative estimate of drug-likeness (QED) is 0.576. The van der Waals surface area contributed by atoms with Crippen molar-refractivity contribution in [1.82, 2.24) is 10.3 Å². The number of amides is 1. The smallest absolute Gasteiger partial charge is 0.237 e. The second-order valence-corrected chi connectivity index (χ2v) is 4.53. The summed E-state index contributed by atoms with van der Waals surface area (Å²) in [5.74, 6) is -0.488. The van der Waals surface area contributed by atoms with Crippen LogP contribution in [0.15, 0.2) is 30.5 Å². The number of rotatable bonds is 6. The lowest BCUT2D eigenvalue weighted by Crippen LogP contribution is -2.48. The zero-order chi connectivity index (χ0) is 14.5. The van der Waals surface area contributed by atoms with E-state index in [0.717, 1.165) is 16.5 Å². The van der Waals surface area contributed by atoms with Gasteiger partial charge in [0.2, 0.25) is 12.2 Å². The number of aromatic amines is 1. The molecule has 0 aliphatic rings. The number of para-hydroxylation sites is 1. The maximum atomic E-state index is 11.8. The molecule has 0 bridgehead atoms. The number of aliphatic hydroxyl groups excluding tert-OH is 1. The highest BCUT2D eigenvalue weighted by Crippen LogP contribution is 2.18. The van der Waals surface area contributed by atoms with Crippen molar-refractivity contribution < 1.29 is 14.7 Å². The van der Waals surface area contributed by atoms with Gasteiger partial charge < -0.3 is 21.1 Å². The summed E-state index contributed by atoms with van der Waals surface area (Å²) < 4.78 is 0. The molecule has 2 rings (SSSR count). The van der Waals surface area contributed by atoms with E-state index in [9.17, 15) is 9.59 Å². The minimum absolute atomic E-state index is 0.340. The van der Waals surface area contributed by atoms with Crippen LogP contribution >= 0.6 is 0 Å². The Morgan fingerprint density at radius 1 is 1.45 bits per heavy atom. The Balaban J connectivity index is 2.05. The molecule has 1 aromatic carbocycles. The van der Waals surface area contributed by atoms with E-state index < -0.39 is 24.6 Å². The van der Waals surface area contributed by atoms with Crippen LogP contribution in [-0.2, 0) is 16.0 Å². The molecule has 2 aromatic rings. The van der Waals surface area contributed by atoms with Gasteiger partial charge in [0, 0.05) is 17.1 Å². The summed E-state index contributed by atoms with van der Waals surface area (Å²) in [6.45, 7) is -0.491. The lowest BCUT2D eigenvalue weighted by atomic mass is 10.0. The summed E-state index contributed by atoms with van der Waals surface area (Å²) in [5, 5.41) is 12.2. The summed E-state index contributed by atoms with van der Waals surface area (Å²) in [6, 6.07) is 5.89. The molecule has 0 aliphatic carbocycles. The molecular weight excluding hydrogens is 258 g/mol. The minimum atomic E-state index is -1.03. The lowest BCUT2D eigenvalue weighted by molar-refractivity contribution is -0.122. The van der Waals surface area contributed by atoms with Crippen molar-refractivity contribution in [1.29, 1.82) is 0 Å². The lowest BCUT2D eigenvalue weighted by Gasteiger charge is -2.14. The van der Waals surface area contributed by atoms with Gasteiger partial charge in [-0.2, -0.15) is 0 Å². The zero-order valence-corrected chi connectivity index (χ0v) is 10.8.